The summed E-state index contributed by atoms with van der Waals surface area (Å²) in [5, 5.41) is 22.2. The van der Waals surface area contributed by atoms with E-state index in [1.807, 2.05) is 55.5 Å². The number of benzene rings is 2. The van der Waals surface area contributed by atoms with E-state index in [1.165, 1.54) is 10.9 Å². The maximum atomic E-state index is 12.7. The molecule has 0 saturated heterocycles. The first-order valence-corrected chi connectivity index (χ1v) is 9.72. The number of nitrogens with one attached hydrogen (secondary N) is 1. The summed E-state index contributed by atoms with van der Waals surface area (Å²) in [7, 11) is 1.59. The molecule has 0 unspecified atom stereocenters. The van der Waals surface area contributed by atoms with Gasteiger partial charge in [-0.1, -0.05) is 29.8 Å². The van der Waals surface area contributed by atoms with Crippen LogP contribution in [0.5, 0.6) is 5.75 Å². The molecule has 1 N–H and O–H groups in total. The standard InChI is InChI=1S/C22H20N6O4/c1-15-7-9-16(10-8-15)27-21(11-19(25-27)18-5-3-4-6-20(18)32-2)24-22(29)14-26-13-17(12-23-26)28(30)31/h3-13H,14H2,1-2H3,(H,24,29). The van der Waals surface area contributed by atoms with E-state index in [-0.39, 0.29) is 12.2 Å². The van der Waals surface area contributed by atoms with Gasteiger partial charge < -0.3 is 10.1 Å². The molecule has 0 aliphatic carbocycles. The van der Waals surface area contributed by atoms with E-state index in [2.05, 4.69) is 15.5 Å². The van der Waals surface area contributed by atoms with Gasteiger partial charge in [-0.15, -0.1) is 0 Å². The molecule has 0 bridgehead atoms. The van der Waals surface area contributed by atoms with Crippen molar-refractivity contribution in [2.24, 2.45) is 0 Å². The smallest absolute Gasteiger partial charge is 0.307 e. The highest BCUT2D eigenvalue weighted by Crippen LogP contribution is 2.31. The second-order valence-electron chi connectivity index (χ2n) is 7.06. The Balaban J connectivity index is 1.67. The van der Waals surface area contributed by atoms with Crippen LogP contribution >= 0.6 is 0 Å². The lowest BCUT2D eigenvalue weighted by Crippen LogP contribution is -2.20. The van der Waals surface area contributed by atoms with Crippen LogP contribution in [0.3, 0.4) is 0 Å². The molecule has 1 amide bonds. The molecule has 162 valence electrons. The minimum atomic E-state index is -0.562. The second-order valence-corrected chi connectivity index (χ2v) is 7.06. The fourth-order valence-electron chi connectivity index (χ4n) is 3.20. The number of carbonyl (C=O) groups excluding carboxylic acids is 1. The zero-order valence-corrected chi connectivity index (χ0v) is 17.4. The molecule has 0 aliphatic heterocycles. The molecule has 2 heterocycles. The van der Waals surface area contributed by atoms with Crippen LogP contribution in [0.4, 0.5) is 11.5 Å². The number of aryl methyl sites for hydroxylation is 1. The van der Waals surface area contributed by atoms with E-state index < -0.39 is 10.8 Å². The molecule has 2 aromatic heterocycles. The number of methoxy groups -OCH3 is 1. The van der Waals surface area contributed by atoms with Gasteiger partial charge in [0.05, 0.1) is 23.4 Å². The number of rotatable bonds is 7. The maximum Gasteiger partial charge on any atom is 0.307 e. The Hall–Kier alpha value is -4.47. The van der Waals surface area contributed by atoms with E-state index in [9.17, 15) is 14.9 Å². The summed E-state index contributed by atoms with van der Waals surface area (Å²) in [6.07, 6.45) is 2.31. The van der Waals surface area contributed by atoms with Crippen LogP contribution in [0.25, 0.3) is 16.9 Å². The van der Waals surface area contributed by atoms with Crippen LogP contribution < -0.4 is 10.1 Å². The number of hydrogen-bond donors (Lipinski definition) is 1. The Morgan fingerprint density at radius 1 is 1.19 bits per heavy atom. The number of ether oxygens (including phenoxy) is 1. The van der Waals surface area contributed by atoms with Crippen molar-refractivity contribution >= 4 is 17.4 Å². The quantitative estimate of drug-likeness (QED) is 0.352. The third kappa shape index (κ3) is 4.33. The fourth-order valence-corrected chi connectivity index (χ4v) is 3.20. The predicted molar refractivity (Wildman–Crippen MR) is 118 cm³/mol. The lowest BCUT2D eigenvalue weighted by atomic mass is 10.1. The number of nitro groups is 1. The van der Waals surface area contributed by atoms with Crippen LogP contribution in [0.2, 0.25) is 0 Å². The Kier molecular flexibility index (Phi) is 5.67. The van der Waals surface area contributed by atoms with Crippen molar-refractivity contribution in [2.45, 2.75) is 13.5 Å². The van der Waals surface area contributed by atoms with Gasteiger partial charge in [-0.05, 0) is 31.2 Å². The monoisotopic (exact) mass is 432 g/mol. The highest BCUT2D eigenvalue weighted by molar-refractivity contribution is 5.90. The molecule has 0 fully saturated rings. The van der Waals surface area contributed by atoms with Gasteiger partial charge in [0.2, 0.25) is 5.91 Å². The Bertz CT molecular complexity index is 1280. The van der Waals surface area contributed by atoms with Crippen molar-refractivity contribution in [2.75, 3.05) is 12.4 Å². The third-order valence-electron chi connectivity index (χ3n) is 4.77. The molecule has 4 aromatic rings. The van der Waals surface area contributed by atoms with Crippen molar-refractivity contribution in [1.82, 2.24) is 19.6 Å². The SMILES string of the molecule is COc1ccccc1-c1cc(NC(=O)Cn2cc([N+](=O)[O-])cn2)n(-c2ccc(C)cc2)n1. The van der Waals surface area contributed by atoms with Gasteiger partial charge in [0.15, 0.2) is 0 Å². The average Bonchev–Trinajstić information content (AvgIpc) is 3.42. The molecular weight excluding hydrogens is 412 g/mol. The van der Waals surface area contributed by atoms with Crippen LogP contribution in [0, 0.1) is 17.0 Å². The van der Waals surface area contributed by atoms with Gasteiger partial charge in [0.25, 0.3) is 0 Å². The molecule has 0 spiro atoms. The van der Waals surface area contributed by atoms with Crippen molar-refractivity contribution in [3.05, 3.63) is 82.7 Å². The van der Waals surface area contributed by atoms with Gasteiger partial charge in [-0.3, -0.25) is 19.6 Å². The lowest BCUT2D eigenvalue weighted by molar-refractivity contribution is -0.385. The van der Waals surface area contributed by atoms with Crippen molar-refractivity contribution in [1.29, 1.82) is 0 Å². The summed E-state index contributed by atoms with van der Waals surface area (Å²) in [5.74, 6) is 0.701. The van der Waals surface area contributed by atoms with Gasteiger partial charge in [-0.25, -0.2) is 4.68 Å². The number of amides is 1. The topological polar surface area (TPSA) is 117 Å². The van der Waals surface area contributed by atoms with Gasteiger partial charge in [0, 0.05) is 11.6 Å². The largest absolute Gasteiger partial charge is 0.496 e. The normalized spacial score (nSPS) is 10.7. The van der Waals surface area contributed by atoms with Gasteiger partial charge in [0.1, 0.15) is 30.5 Å². The van der Waals surface area contributed by atoms with Crippen LogP contribution in [-0.4, -0.2) is 37.5 Å². The Labute approximate surface area is 183 Å². The molecule has 0 saturated carbocycles. The van der Waals surface area contributed by atoms with Crippen LogP contribution in [0.15, 0.2) is 67.0 Å². The van der Waals surface area contributed by atoms with Gasteiger partial charge >= 0.3 is 5.69 Å². The van der Waals surface area contributed by atoms with E-state index in [0.717, 1.165) is 23.0 Å². The van der Waals surface area contributed by atoms with Gasteiger partial charge in [-0.2, -0.15) is 10.2 Å². The predicted octanol–water partition coefficient (Wildman–Crippen LogP) is 3.60. The minimum absolute atomic E-state index is 0.180. The minimum Gasteiger partial charge on any atom is -0.496 e. The number of aromatic nitrogens is 4. The van der Waals surface area contributed by atoms with Crippen LogP contribution in [-0.2, 0) is 11.3 Å². The summed E-state index contributed by atoms with van der Waals surface area (Å²) in [6, 6.07) is 16.9. The lowest BCUT2D eigenvalue weighted by Gasteiger charge is -2.09. The average molecular weight is 432 g/mol. The first-order valence-electron chi connectivity index (χ1n) is 9.72. The highest BCUT2D eigenvalue weighted by Gasteiger charge is 2.17. The Morgan fingerprint density at radius 2 is 1.94 bits per heavy atom. The summed E-state index contributed by atoms with van der Waals surface area (Å²) in [5.41, 5.74) is 3.08. The molecule has 2 aromatic carbocycles. The number of nitrogens with zero attached hydrogens (tertiary/aromatic N) is 5. The molecule has 32 heavy (non-hydrogen) atoms. The molecule has 4 rings (SSSR count). The fraction of sp³-hybridized carbons (Fsp3) is 0.136. The molecule has 0 atom stereocenters. The van der Waals surface area contributed by atoms with Crippen molar-refractivity contribution in [3.63, 3.8) is 0 Å². The van der Waals surface area contributed by atoms with E-state index in [4.69, 9.17) is 4.74 Å². The number of carbonyl (C=O) groups is 1. The van der Waals surface area contributed by atoms with Crippen molar-refractivity contribution < 1.29 is 14.5 Å². The molecule has 0 radical (unpaired) electrons. The number of para-hydroxylation sites is 1. The molecule has 10 heteroatoms. The zero-order chi connectivity index (χ0) is 22.7. The van der Waals surface area contributed by atoms with E-state index in [1.54, 1.807) is 17.9 Å². The summed E-state index contributed by atoms with van der Waals surface area (Å²) in [6.45, 7) is 1.80. The first kappa shape index (κ1) is 20.8. The molecular formula is C22H20N6O4. The number of hydrogen-bond acceptors (Lipinski definition) is 6. The summed E-state index contributed by atoms with van der Waals surface area (Å²) >= 11 is 0. The third-order valence-corrected chi connectivity index (χ3v) is 4.77. The van der Waals surface area contributed by atoms with E-state index in [0.29, 0.717) is 17.3 Å². The Morgan fingerprint density at radius 3 is 2.62 bits per heavy atom. The summed E-state index contributed by atoms with van der Waals surface area (Å²) in [4.78, 5) is 22.9. The van der Waals surface area contributed by atoms with Crippen LogP contribution in [0.1, 0.15) is 5.56 Å². The van der Waals surface area contributed by atoms with Crippen molar-refractivity contribution in [3.8, 4) is 22.7 Å². The summed E-state index contributed by atoms with van der Waals surface area (Å²) < 4.78 is 8.29. The molecule has 10 nitrogen and oxygen atoms in total. The zero-order valence-electron chi connectivity index (χ0n) is 17.4. The first-order chi connectivity index (χ1) is 15.4. The van der Waals surface area contributed by atoms with E-state index >= 15 is 0 Å². The maximum absolute atomic E-state index is 12.7. The molecule has 0 aliphatic rings. The number of anilines is 1. The second kappa shape index (κ2) is 8.72. The highest BCUT2D eigenvalue weighted by atomic mass is 16.6.